The second kappa shape index (κ2) is 13.8. The van der Waals surface area contributed by atoms with Gasteiger partial charge in [-0.15, -0.1) is 0 Å². The van der Waals surface area contributed by atoms with E-state index in [0.717, 1.165) is 22.3 Å². The van der Waals surface area contributed by atoms with Gasteiger partial charge in [-0.3, -0.25) is 14.6 Å². The molecule has 0 fully saturated rings. The molecule has 0 saturated carbocycles. The van der Waals surface area contributed by atoms with Gasteiger partial charge in [0.2, 0.25) is 11.8 Å². The lowest BCUT2D eigenvalue weighted by molar-refractivity contribution is -0.130. The first kappa shape index (κ1) is 28.1. The van der Waals surface area contributed by atoms with Gasteiger partial charge in [0.25, 0.3) is 0 Å². The Morgan fingerprint density at radius 1 is 0.700 bits per heavy atom. The van der Waals surface area contributed by atoms with Gasteiger partial charge in [0.1, 0.15) is 11.5 Å². The standard InChI is InChI=1S/C33H35N5O2/c34-32(35)36-23-13-22-29(30(39)37-24-25-14-5-1-6-15-25)38-31(40)33(26-16-7-2-8-17-26,27-18-9-3-10-19-27)28-20-11-4-12-21-28/h1-12,14-21,29H,13,22-24H2,(H,37,39)(H,38,40)(H4,34,35,36)/t29-/m1/s1. The van der Waals surface area contributed by atoms with Crippen LogP contribution in [0.1, 0.15) is 35.1 Å². The molecule has 4 aromatic carbocycles. The molecule has 2 amide bonds. The van der Waals surface area contributed by atoms with Crippen molar-refractivity contribution in [3.8, 4) is 0 Å². The highest BCUT2D eigenvalue weighted by atomic mass is 16.2. The molecule has 0 aromatic heterocycles. The molecule has 0 radical (unpaired) electrons. The van der Waals surface area contributed by atoms with Crippen LogP contribution in [-0.4, -0.2) is 30.4 Å². The fraction of sp³-hybridized carbons (Fsp3) is 0.182. The molecule has 4 rings (SSSR count). The number of carbonyl (C=O) groups is 2. The quantitative estimate of drug-likeness (QED) is 0.0955. The van der Waals surface area contributed by atoms with Crippen molar-refractivity contribution in [1.29, 1.82) is 0 Å². The summed E-state index contributed by atoms with van der Waals surface area (Å²) in [5, 5.41) is 6.10. The van der Waals surface area contributed by atoms with Crippen LogP contribution in [0.15, 0.2) is 126 Å². The molecule has 0 aliphatic heterocycles. The average Bonchev–Trinajstić information content (AvgIpc) is 3.00. The SMILES string of the molecule is NC(N)=NCCC[C@@H](NC(=O)C(c1ccccc1)(c1ccccc1)c1ccccc1)C(=O)NCc1ccccc1. The monoisotopic (exact) mass is 533 g/mol. The lowest BCUT2D eigenvalue weighted by atomic mass is 9.68. The van der Waals surface area contributed by atoms with Crippen LogP contribution >= 0.6 is 0 Å². The smallest absolute Gasteiger partial charge is 0.242 e. The number of hydrogen-bond acceptors (Lipinski definition) is 3. The van der Waals surface area contributed by atoms with Crippen LogP contribution in [0, 0.1) is 0 Å². The highest BCUT2D eigenvalue weighted by molar-refractivity contribution is 5.98. The van der Waals surface area contributed by atoms with Crippen molar-refractivity contribution in [2.75, 3.05) is 6.54 Å². The zero-order valence-electron chi connectivity index (χ0n) is 22.4. The van der Waals surface area contributed by atoms with E-state index in [9.17, 15) is 9.59 Å². The van der Waals surface area contributed by atoms with Gasteiger partial charge in [0.15, 0.2) is 5.96 Å². The van der Waals surface area contributed by atoms with Gasteiger partial charge < -0.3 is 22.1 Å². The lowest BCUT2D eigenvalue weighted by Gasteiger charge is -2.35. The van der Waals surface area contributed by atoms with Crippen molar-refractivity contribution < 1.29 is 9.59 Å². The third kappa shape index (κ3) is 6.74. The molecule has 0 aliphatic rings. The van der Waals surface area contributed by atoms with Gasteiger partial charge in [-0.25, -0.2) is 0 Å². The number of aliphatic imine (C=N–C) groups is 1. The summed E-state index contributed by atoms with van der Waals surface area (Å²) in [7, 11) is 0. The number of hydrogen-bond donors (Lipinski definition) is 4. The fourth-order valence-corrected chi connectivity index (χ4v) is 4.90. The molecule has 4 aromatic rings. The minimum atomic E-state index is -1.19. The Morgan fingerprint density at radius 3 is 1.60 bits per heavy atom. The topological polar surface area (TPSA) is 123 Å². The summed E-state index contributed by atoms with van der Waals surface area (Å²) >= 11 is 0. The summed E-state index contributed by atoms with van der Waals surface area (Å²) in [4.78, 5) is 32.2. The third-order valence-corrected chi connectivity index (χ3v) is 6.84. The molecule has 0 aliphatic carbocycles. The summed E-state index contributed by atoms with van der Waals surface area (Å²) in [5.74, 6) is -0.576. The van der Waals surface area contributed by atoms with E-state index >= 15 is 0 Å². The molecule has 0 spiro atoms. The molecule has 0 bridgehead atoms. The molecular weight excluding hydrogens is 498 g/mol. The normalized spacial score (nSPS) is 11.7. The van der Waals surface area contributed by atoms with E-state index in [4.69, 9.17) is 11.5 Å². The van der Waals surface area contributed by atoms with E-state index < -0.39 is 11.5 Å². The number of carbonyl (C=O) groups excluding carboxylic acids is 2. The Hall–Kier alpha value is -4.91. The van der Waals surface area contributed by atoms with Gasteiger partial charge in [0, 0.05) is 13.1 Å². The predicted molar refractivity (Wildman–Crippen MR) is 159 cm³/mol. The molecule has 204 valence electrons. The molecule has 7 heteroatoms. The summed E-state index contributed by atoms with van der Waals surface area (Å²) in [5.41, 5.74) is 13.2. The highest BCUT2D eigenvalue weighted by Crippen LogP contribution is 2.39. The first-order valence-corrected chi connectivity index (χ1v) is 13.4. The number of nitrogens with two attached hydrogens (primary N) is 2. The first-order valence-electron chi connectivity index (χ1n) is 13.4. The van der Waals surface area contributed by atoms with Crippen LogP contribution in [0.4, 0.5) is 0 Å². The summed E-state index contributed by atoms with van der Waals surface area (Å²) in [6, 6.07) is 37.8. The number of amides is 2. The van der Waals surface area contributed by atoms with E-state index in [1.807, 2.05) is 121 Å². The van der Waals surface area contributed by atoms with E-state index in [-0.39, 0.29) is 17.8 Å². The summed E-state index contributed by atoms with van der Waals surface area (Å²) in [6.07, 6.45) is 0.869. The number of nitrogens with one attached hydrogen (secondary N) is 2. The second-order valence-corrected chi connectivity index (χ2v) is 9.53. The van der Waals surface area contributed by atoms with Crippen LogP contribution in [0.3, 0.4) is 0 Å². The van der Waals surface area contributed by atoms with Gasteiger partial charge in [0.05, 0.1) is 0 Å². The highest BCUT2D eigenvalue weighted by Gasteiger charge is 2.44. The van der Waals surface area contributed by atoms with Gasteiger partial charge in [-0.2, -0.15) is 0 Å². The number of benzene rings is 4. The third-order valence-electron chi connectivity index (χ3n) is 6.84. The molecule has 0 saturated heterocycles. The van der Waals surface area contributed by atoms with Crippen molar-refractivity contribution in [3.05, 3.63) is 144 Å². The van der Waals surface area contributed by atoms with Gasteiger partial charge in [-0.05, 0) is 35.1 Å². The van der Waals surface area contributed by atoms with E-state index in [1.165, 1.54) is 0 Å². The fourth-order valence-electron chi connectivity index (χ4n) is 4.90. The zero-order valence-corrected chi connectivity index (χ0v) is 22.4. The van der Waals surface area contributed by atoms with Crippen LogP contribution in [-0.2, 0) is 21.5 Å². The number of guanidine groups is 1. The maximum absolute atomic E-state index is 14.6. The molecule has 40 heavy (non-hydrogen) atoms. The summed E-state index contributed by atoms with van der Waals surface area (Å²) in [6.45, 7) is 0.697. The maximum Gasteiger partial charge on any atom is 0.242 e. The zero-order chi connectivity index (χ0) is 28.2. The number of rotatable bonds is 12. The van der Waals surface area contributed by atoms with Crippen molar-refractivity contribution in [2.24, 2.45) is 16.5 Å². The van der Waals surface area contributed by atoms with Crippen LogP contribution in [0.25, 0.3) is 0 Å². The van der Waals surface area contributed by atoms with E-state index in [1.54, 1.807) is 0 Å². The minimum absolute atomic E-state index is 0.00892. The average molecular weight is 534 g/mol. The predicted octanol–water partition coefficient (Wildman–Crippen LogP) is 3.88. The Balaban J connectivity index is 1.72. The van der Waals surface area contributed by atoms with E-state index in [2.05, 4.69) is 15.6 Å². The minimum Gasteiger partial charge on any atom is -0.370 e. The number of nitrogens with zero attached hydrogens (tertiary/aromatic N) is 1. The molecule has 6 N–H and O–H groups in total. The second-order valence-electron chi connectivity index (χ2n) is 9.53. The van der Waals surface area contributed by atoms with Crippen molar-refractivity contribution in [1.82, 2.24) is 10.6 Å². The Kier molecular flexibility index (Phi) is 9.67. The maximum atomic E-state index is 14.6. The molecule has 0 unspecified atom stereocenters. The molecule has 7 nitrogen and oxygen atoms in total. The molecule has 0 heterocycles. The Bertz CT molecular complexity index is 1290. The largest absolute Gasteiger partial charge is 0.370 e. The van der Waals surface area contributed by atoms with Crippen molar-refractivity contribution in [2.45, 2.75) is 30.8 Å². The Morgan fingerprint density at radius 2 is 1.15 bits per heavy atom. The van der Waals surface area contributed by atoms with Crippen LogP contribution in [0.2, 0.25) is 0 Å². The van der Waals surface area contributed by atoms with Crippen LogP contribution in [0.5, 0.6) is 0 Å². The first-order chi connectivity index (χ1) is 19.5. The Labute approximate surface area is 235 Å². The molecular formula is C33H35N5O2. The summed E-state index contributed by atoms with van der Waals surface area (Å²) < 4.78 is 0. The lowest BCUT2D eigenvalue weighted by Crippen LogP contribution is -2.54. The molecule has 1 atom stereocenters. The van der Waals surface area contributed by atoms with E-state index in [0.29, 0.717) is 25.9 Å². The van der Waals surface area contributed by atoms with Crippen molar-refractivity contribution >= 4 is 17.8 Å². The van der Waals surface area contributed by atoms with Gasteiger partial charge >= 0.3 is 0 Å². The van der Waals surface area contributed by atoms with Gasteiger partial charge in [-0.1, -0.05) is 121 Å². The van der Waals surface area contributed by atoms with Crippen molar-refractivity contribution in [3.63, 3.8) is 0 Å². The van der Waals surface area contributed by atoms with Crippen LogP contribution < -0.4 is 22.1 Å².